The van der Waals surface area contributed by atoms with Gasteiger partial charge in [-0.05, 0) is 43.2 Å². The molecule has 1 aliphatic rings. The first-order valence-corrected chi connectivity index (χ1v) is 10.1. The second kappa shape index (κ2) is 8.70. The van der Waals surface area contributed by atoms with Crippen LogP contribution in [0.1, 0.15) is 29.4 Å². The van der Waals surface area contributed by atoms with E-state index in [4.69, 9.17) is 0 Å². The quantitative estimate of drug-likeness (QED) is 0.663. The zero-order valence-corrected chi connectivity index (χ0v) is 17.2. The predicted octanol–water partition coefficient (Wildman–Crippen LogP) is 3.14. The summed E-state index contributed by atoms with van der Waals surface area (Å²) in [4.78, 5) is 39.1. The van der Waals surface area contributed by atoms with Crippen LogP contribution in [0.3, 0.4) is 0 Å². The van der Waals surface area contributed by atoms with Crippen LogP contribution in [0.2, 0.25) is 0 Å². The van der Waals surface area contributed by atoms with Crippen LogP contribution in [0.4, 0.5) is 20.2 Å². The van der Waals surface area contributed by atoms with E-state index in [-0.39, 0.29) is 36.3 Å². The Morgan fingerprint density at radius 2 is 1.88 bits per heavy atom. The largest absolute Gasteiger partial charge is 0.326 e. The number of aromatic nitrogens is 2. The number of benzene rings is 2. The fourth-order valence-corrected chi connectivity index (χ4v) is 3.73. The summed E-state index contributed by atoms with van der Waals surface area (Å²) in [5.74, 6) is -2.94. The zero-order valence-electron chi connectivity index (χ0n) is 17.2. The van der Waals surface area contributed by atoms with Crippen molar-refractivity contribution in [3.8, 4) is 0 Å². The first-order valence-electron chi connectivity index (χ1n) is 10.1. The lowest BCUT2D eigenvalue weighted by Crippen LogP contribution is -2.37. The molecule has 1 aromatic heterocycles. The maximum absolute atomic E-state index is 13.3. The number of aryl methyl sites for hydroxylation is 1. The number of rotatable bonds is 5. The van der Waals surface area contributed by atoms with E-state index in [1.54, 1.807) is 4.90 Å². The summed E-state index contributed by atoms with van der Waals surface area (Å²) < 4.78 is 27.3. The molecule has 0 unspecified atom stereocenters. The summed E-state index contributed by atoms with van der Waals surface area (Å²) >= 11 is 0. The van der Waals surface area contributed by atoms with Gasteiger partial charge in [0.1, 0.15) is 5.69 Å². The lowest BCUT2D eigenvalue weighted by molar-refractivity contribution is -0.116. The van der Waals surface area contributed by atoms with Crippen molar-refractivity contribution >= 4 is 23.2 Å². The van der Waals surface area contributed by atoms with Gasteiger partial charge in [-0.3, -0.25) is 14.4 Å². The number of halogens is 2. The molecule has 0 fully saturated rings. The zero-order chi connectivity index (χ0) is 22.8. The molecule has 164 valence electrons. The number of amides is 2. The van der Waals surface area contributed by atoms with Gasteiger partial charge in [0.05, 0.1) is 6.54 Å². The Morgan fingerprint density at radius 1 is 1.09 bits per heavy atom. The molecule has 0 bridgehead atoms. The second-order valence-electron chi connectivity index (χ2n) is 7.56. The number of carbonyl (C=O) groups is 2. The molecule has 1 aliphatic heterocycles. The number of nitrogens with one attached hydrogen (secondary N) is 1. The van der Waals surface area contributed by atoms with E-state index in [1.807, 2.05) is 31.2 Å². The minimum absolute atomic E-state index is 0.0519. The number of fused-ring (bicyclic) bond motifs is 1. The first kappa shape index (κ1) is 21.4. The second-order valence-corrected chi connectivity index (χ2v) is 7.56. The highest BCUT2D eigenvalue weighted by atomic mass is 19.2. The van der Waals surface area contributed by atoms with Crippen LogP contribution in [0.15, 0.2) is 59.4 Å². The highest BCUT2D eigenvalue weighted by molar-refractivity contribution is 6.06. The van der Waals surface area contributed by atoms with Gasteiger partial charge < -0.3 is 10.2 Å². The van der Waals surface area contributed by atoms with Crippen molar-refractivity contribution in [2.75, 3.05) is 10.2 Å². The summed E-state index contributed by atoms with van der Waals surface area (Å²) in [6.45, 7) is 1.86. The van der Waals surface area contributed by atoms with Gasteiger partial charge in [-0.1, -0.05) is 18.2 Å². The van der Waals surface area contributed by atoms with Crippen molar-refractivity contribution in [2.24, 2.45) is 0 Å². The third-order valence-electron chi connectivity index (χ3n) is 5.27. The normalized spacial score (nSPS) is 14.8. The third-order valence-corrected chi connectivity index (χ3v) is 5.27. The SMILES string of the molecule is C[C@H]1Cc2ccccc2N1C(=O)c1ccc(=O)n(CCC(=O)Nc2ccc(F)c(F)c2)n1. The van der Waals surface area contributed by atoms with Gasteiger partial charge >= 0.3 is 0 Å². The molecule has 7 nitrogen and oxygen atoms in total. The van der Waals surface area contributed by atoms with Gasteiger partial charge in [-0.15, -0.1) is 0 Å². The lowest BCUT2D eigenvalue weighted by atomic mass is 10.1. The predicted molar refractivity (Wildman–Crippen MR) is 115 cm³/mol. The van der Waals surface area contributed by atoms with Crippen LogP contribution in [0.5, 0.6) is 0 Å². The molecule has 9 heteroatoms. The van der Waals surface area contributed by atoms with Crippen molar-refractivity contribution < 1.29 is 18.4 Å². The average Bonchev–Trinajstić information content (AvgIpc) is 3.11. The highest BCUT2D eigenvalue weighted by Gasteiger charge is 2.32. The van der Waals surface area contributed by atoms with E-state index >= 15 is 0 Å². The van der Waals surface area contributed by atoms with Crippen molar-refractivity contribution in [3.05, 3.63) is 87.8 Å². The first-order chi connectivity index (χ1) is 15.3. The third kappa shape index (κ3) is 4.27. The topological polar surface area (TPSA) is 84.3 Å². The van der Waals surface area contributed by atoms with Gasteiger partial charge in [-0.2, -0.15) is 5.10 Å². The van der Waals surface area contributed by atoms with Crippen LogP contribution in [0.25, 0.3) is 0 Å². The standard InChI is InChI=1S/C23H20F2N4O3/c1-14-12-15-4-2-3-5-20(15)29(14)23(32)19-8-9-22(31)28(27-19)11-10-21(30)26-16-6-7-17(24)18(25)13-16/h2-9,13-14H,10-12H2,1H3,(H,26,30)/t14-/m0/s1. The van der Waals surface area contributed by atoms with Crippen LogP contribution < -0.4 is 15.8 Å². The van der Waals surface area contributed by atoms with E-state index in [1.165, 1.54) is 18.2 Å². The number of carbonyl (C=O) groups excluding carboxylic acids is 2. The molecule has 0 saturated carbocycles. The highest BCUT2D eigenvalue weighted by Crippen LogP contribution is 2.32. The molecule has 32 heavy (non-hydrogen) atoms. The molecule has 1 N–H and O–H groups in total. The number of hydrogen-bond donors (Lipinski definition) is 1. The summed E-state index contributed by atoms with van der Waals surface area (Å²) in [6.07, 6.45) is 0.582. The summed E-state index contributed by atoms with van der Waals surface area (Å²) in [7, 11) is 0. The summed E-state index contributed by atoms with van der Waals surface area (Å²) in [5.41, 5.74) is 1.61. The van der Waals surface area contributed by atoms with E-state index in [0.717, 1.165) is 34.5 Å². The van der Waals surface area contributed by atoms with Crippen LogP contribution in [0, 0.1) is 11.6 Å². The number of anilines is 2. The van der Waals surface area contributed by atoms with Gasteiger partial charge in [0.15, 0.2) is 11.6 Å². The summed E-state index contributed by atoms with van der Waals surface area (Å²) in [5, 5.41) is 6.59. The van der Waals surface area contributed by atoms with Crippen molar-refractivity contribution in [1.29, 1.82) is 0 Å². The molecule has 3 aromatic rings. The minimum atomic E-state index is -1.08. The maximum Gasteiger partial charge on any atom is 0.278 e. The molecular formula is C23H20F2N4O3. The van der Waals surface area contributed by atoms with Gasteiger partial charge in [-0.25, -0.2) is 13.5 Å². The van der Waals surface area contributed by atoms with Gasteiger partial charge in [0.2, 0.25) is 5.91 Å². The van der Waals surface area contributed by atoms with Gasteiger partial charge in [0.25, 0.3) is 11.5 Å². The summed E-state index contributed by atoms with van der Waals surface area (Å²) in [6, 6.07) is 13.2. The molecule has 2 aromatic carbocycles. The molecule has 0 spiro atoms. The van der Waals surface area contributed by atoms with Crippen LogP contribution >= 0.6 is 0 Å². The molecule has 0 aliphatic carbocycles. The maximum atomic E-state index is 13.3. The molecule has 4 rings (SSSR count). The Balaban J connectivity index is 1.47. The van der Waals surface area contributed by atoms with E-state index in [9.17, 15) is 23.2 Å². The van der Waals surface area contributed by atoms with E-state index < -0.39 is 23.1 Å². The van der Waals surface area contributed by atoms with Crippen molar-refractivity contribution in [2.45, 2.75) is 32.4 Å². The molecule has 0 radical (unpaired) electrons. The van der Waals surface area contributed by atoms with Crippen LogP contribution in [-0.2, 0) is 17.8 Å². The Bertz CT molecular complexity index is 1260. The lowest BCUT2D eigenvalue weighted by Gasteiger charge is -2.22. The Hall–Kier alpha value is -3.88. The fraction of sp³-hybridized carbons (Fsp3) is 0.217. The number of hydrogen-bond acceptors (Lipinski definition) is 4. The molecule has 2 heterocycles. The minimum Gasteiger partial charge on any atom is -0.326 e. The van der Waals surface area contributed by atoms with Crippen LogP contribution in [-0.4, -0.2) is 27.6 Å². The molecule has 0 saturated heterocycles. The van der Waals surface area contributed by atoms with E-state index in [2.05, 4.69) is 10.4 Å². The Morgan fingerprint density at radius 3 is 2.66 bits per heavy atom. The van der Waals surface area contributed by atoms with E-state index in [0.29, 0.717) is 0 Å². The number of para-hydroxylation sites is 1. The van der Waals surface area contributed by atoms with Crippen molar-refractivity contribution in [3.63, 3.8) is 0 Å². The smallest absolute Gasteiger partial charge is 0.278 e. The fourth-order valence-electron chi connectivity index (χ4n) is 3.73. The molecule has 2 amide bonds. The van der Waals surface area contributed by atoms with Gasteiger partial charge in [0, 0.05) is 36.0 Å². The average molecular weight is 438 g/mol. The monoisotopic (exact) mass is 438 g/mol. The van der Waals surface area contributed by atoms with Crippen molar-refractivity contribution in [1.82, 2.24) is 9.78 Å². The Labute approximate surface area is 182 Å². The molecule has 1 atom stereocenters. The number of nitrogens with zero attached hydrogens (tertiary/aromatic N) is 3. The Kier molecular flexibility index (Phi) is 5.81. The molecular weight excluding hydrogens is 418 g/mol.